The number of aliphatic hydroxyl groups excluding tert-OH is 1. The zero-order chi connectivity index (χ0) is 14.0. The molecule has 0 aliphatic carbocycles. The fourth-order valence-electron chi connectivity index (χ4n) is 2.15. The van der Waals surface area contributed by atoms with Gasteiger partial charge in [0.2, 0.25) is 0 Å². The highest BCUT2D eigenvalue weighted by atomic mass is 35.5. The van der Waals surface area contributed by atoms with Gasteiger partial charge >= 0.3 is 0 Å². The average Bonchev–Trinajstić information content (AvgIpc) is 2.70. The van der Waals surface area contributed by atoms with Crippen LogP contribution >= 0.6 is 35.3 Å². The Morgan fingerprint density at radius 2 is 2.00 bits per heavy atom. The molecule has 20 heavy (non-hydrogen) atoms. The van der Waals surface area contributed by atoms with Crippen LogP contribution in [0.2, 0.25) is 5.02 Å². The minimum absolute atomic E-state index is 0. The lowest BCUT2D eigenvalue weighted by Crippen LogP contribution is -2.42. The van der Waals surface area contributed by atoms with Gasteiger partial charge in [0, 0.05) is 28.4 Å². The second-order valence-electron chi connectivity index (χ2n) is 5.72. The molecule has 0 bridgehead atoms. The zero-order valence-corrected chi connectivity index (χ0v) is 14.4. The van der Waals surface area contributed by atoms with Gasteiger partial charge in [-0.2, -0.15) is 0 Å². The molecule has 2 rings (SSSR count). The Labute approximate surface area is 135 Å². The minimum Gasteiger partial charge on any atom is -0.395 e. The SMILES string of the molecule is CC(C)(C)N(CCO)Cc1csc2ccc(Cl)cc12.Cl. The first-order chi connectivity index (χ1) is 8.91. The molecule has 0 aliphatic heterocycles. The predicted molar refractivity (Wildman–Crippen MR) is 91.3 cm³/mol. The summed E-state index contributed by atoms with van der Waals surface area (Å²) in [6, 6.07) is 6.03. The molecule has 0 amide bonds. The molecule has 5 heteroatoms. The Bertz CT molecular complexity index is 562. The van der Waals surface area contributed by atoms with Crippen molar-refractivity contribution in [3.8, 4) is 0 Å². The molecule has 0 saturated carbocycles. The molecular weight excluding hydrogens is 313 g/mol. The van der Waals surface area contributed by atoms with Gasteiger partial charge in [0.1, 0.15) is 0 Å². The van der Waals surface area contributed by atoms with Crippen LogP contribution in [-0.4, -0.2) is 28.7 Å². The highest BCUT2D eigenvalue weighted by Gasteiger charge is 2.21. The maximum atomic E-state index is 9.23. The van der Waals surface area contributed by atoms with E-state index in [4.69, 9.17) is 11.6 Å². The summed E-state index contributed by atoms with van der Waals surface area (Å²) in [5.74, 6) is 0. The molecule has 1 N–H and O–H groups in total. The van der Waals surface area contributed by atoms with Crippen LogP contribution in [0.15, 0.2) is 23.6 Å². The number of hydrogen-bond acceptors (Lipinski definition) is 3. The molecule has 2 nitrogen and oxygen atoms in total. The second kappa shape index (κ2) is 7.10. The van der Waals surface area contributed by atoms with E-state index < -0.39 is 0 Å². The molecule has 0 atom stereocenters. The highest BCUT2D eigenvalue weighted by molar-refractivity contribution is 7.17. The lowest BCUT2D eigenvalue weighted by molar-refractivity contribution is 0.0989. The van der Waals surface area contributed by atoms with E-state index in [0.717, 1.165) is 11.6 Å². The van der Waals surface area contributed by atoms with Crippen molar-refractivity contribution in [2.75, 3.05) is 13.2 Å². The summed E-state index contributed by atoms with van der Waals surface area (Å²) in [4.78, 5) is 2.29. The first kappa shape index (κ1) is 17.7. The van der Waals surface area contributed by atoms with Crippen molar-refractivity contribution < 1.29 is 5.11 Å². The predicted octanol–water partition coefficient (Wildman–Crippen LogP) is 4.57. The van der Waals surface area contributed by atoms with Crippen molar-refractivity contribution in [2.45, 2.75) is 32.9 Å². The van der Waals surface area contributed by atoms with Crippen molar-refractivity contribution >= 4 is 45.4 Å². The van der Waals surface area contributed by atoms with Crippen LogP contribution in [-0.2, 0) is 6.54 Å². The standard InChI is InChI=1S/C15H20ClNOS.ClH/c1-15(2,3)17(6-7-18)9-11-10-19-14-5-4-12(16)8-13(11)14;/h4-5,8,10,18H,6-7,9H2,1-3H3;1H. The van der Waals surface area contributed by atoms with Gasteiger partial charge in [-0.3, -0.25) is 4.90 Å². The lowest BCUT2D eigenvalue weighted by Gasteiger charge is -2.35. The number of benzene rings is 1. The molecule has 0 spiro atoms. The number of fused-ring (bicyclic) bond motifs is 1. The molecule has 0 radical (unpaired) electrons. The van der Waals surface area contributed by atoms with E-state index in [1.807, 2.05) is 12.1 Å². The molecule has 0 unspecified atom stereocenters. The minimum atomic E-state index is 0. The fraction of sp³-hybridized carbons (Fsp3) is 0.467. The molecule has 0 aliphatic rings. The number of rotatable bonds is 4. The Morgan fingerprint density at radius 3 is 2.60 bits per heavy atom. The normalized spacial score (nSPS) is 11.9. The van der Waals surface area contributed by atoms with E-state index in [0.29, 0.717) is 6.54 Å². The van der Waals surface area contributed by atoms with Crippen LogP contribution < -0.4 is 0 Å². The number of halogens is 2. The van der Waals surface area contributed by atoms with Gasteiger partial charge in [0.15, 0.2) is 0 Å². The summed E-state index contributed by atoms with van der Waals surface area (Å²) in [6.07, 6.45) is 0. The Balaban J connectivity index is 0.00000200. The van der Waals surface area contributed by atoms with Crippen molar-refractivity contribution in [3.63, 3.8) is 0 Å². The maximum Gasteiger partial charge on any atom is 0.0558 e. The summed E-state index contributed by atoms with van der Waals surface area (Å²) < 4.78 is 1.26. The maximum absolute atomic E-state index is 9.23. The van der Waals surface area contributed by atoms with Gasteiger partial charge in [-0.15, -0.1) is 23.7 Å². The van der Waals surface area contributed by atoms with Crippen molar-refractivity contribution in [1.29, 1.82) is 0 Å². The summed E-state index contributed by atoms with van der Waals surface area (Å²) >= 11 is 7.83. The average molecular weight is 334 g/mol. The molecule has 112 valence electrons. The van der Waals surface area contributed by atoms with Crippen LogP contribution in [0.5, 0.6) is 0 Å². The van der Waals surface area contributed by atoms with Gasteiger partial charge in [0.25, 0.3) is 0 Å². The summed E-state index contributed by atoms with van der Waals surface area (Å²) in [6.45, 7) is 8.21. The highest BCUT2D eigenvalue weighted by Crippen LogP contribution is 2.30. The summed E-state index contributed by atoms with van der Waals surface area (Å²) in [5, 5.41) is 13.4. The van der Waals surface area contributed by atoms with Gasteiger partial charge in [-0.1, -0.05) is 11.6 Å². The molecule has 1 aromatic heterocycles. The number of hydrogen-bond donors (Lipinski definition) is 1. The van der Waals surface area contributed by atoms with Gasteiger partial charge in [0.05, 0.1) is 6.61 Å². The van der Waals surface area contributed by atoms with Crippen LogP contribution in [0.4, 0.5) is 0 Å². The van der Waals surface area contributed by atoms with Crippen LogP contribution in [0.3, 0.4) is 0 Å². The van der Waals surface area contributed by atoms with E-state index in [1.54, 1.807) is 11.3 Å². The molecular formula is C15H21Cl2NOS. The number of β-amino-alcohol motifs (C(OH)–C–C–N with tert-alkyl or cyclic N) is 1. The first-order valence-electron chi connectivity index (χ1n) is 6.43. The third-order valence-electron chi connectivity index (χ3n) is 3.30. The largest absolute Gasteiger partial charge is 0.395 e. The summed E-state index contributed by atoms with van der Waals surface area (Å²) in [5.41, 5.74) is 1.32. The van der Waals surface area contributed by atoms with E-state index >= 15 is 0 Å². The lowest BCUT2D eigenvalue weighted by atomic mass is 10.0. The topological polar surface area (TPSA) is 23.5 Å². The third kappa shape index (κ3) is 4.09. The van der Waals surface area contributed by atoms with Crippen LogP contribution in [0.25, 0.3) is 10.1 Å². The third-order valence-corrected chi connectivity index (χ3v) is 4.54. The Morgan fingerprint density at radius 1 is 1.30 bits per heavy atom. The second-order valence-corrected chi connectivity index (χ2v) is 7.07. The quantitative estimate of drug-likeness (QED) is 0.885. The van der Waals surface area contributed by atoms with Crippen molar-refractivity contribution in [3.05, 3.63) is 34.2 Å². The molecule has 0 saturated heterocycles. The van der Waals surface area contributed by atoms with Crippen molar-refractivity contribution in [1.82, 2.24) is 4.90 Å². The Kier molecular flexibility index (Phi) is 6.29. The molecule has 0 fully saturated rings. The van der Waals surface area contributed by atoms with Gasteiger partial charge in [-0.25, -0.2) is 0 Å². The van der Waals surface area contributed by atoms with E-state index in [9.17, 15) is 5.11 Å². The first-order valence-corrected chi connectivity index (χ1v) is 7.69. The van der Waals surface area contributed by atoms with E-state index in [2.05, 4.69) is 37.1 Å². The zero-order valence-electron chi connectivity index (χ0n) is 12.0. The van der Waals surface area contributed by atoms with Crippen LogP contribution in [0, 0.1) is 0 Å². The van der Waals surface area contributed by atoms with Gasteiger partial charge < -0.3 is 5.11 Å². The van der Waals surface area contributed by atoms with E-state index in [-0.39, 0.29) is 24.6 Å². The number of nitrogens with zero attached hydrogens (tertiary/aromatic N) is 1. The molecule has 2 aromatic rings. The monoisotopic (exact) mass is 333 g/mol. The van der Waals surface area contributed by atoms with Crippen molar-refractivity contribution in [2.24, 2.45) is 0 Å². The fourth-order valence-corrected chi connectivity index (χ4v) is 3.26. The number of aliphatic hydroxyl groups is 1. The Hall–Kier alpha value is -0.320. The van der Waals surface area contributed by atoms with E-state index in [1.165, 1.54) is 15.6 Å². The van der Waals surface area contributed by atoms with Crippen LogP contribution in [0.1, 0.15) is 26.3 Å². The molecule has 1 aromatic carbocycles. The molecule has 1 heterocycles. The smallest absolute Gasteiger partial charge is 0.0558 e. The number of thiophene rings is 1. The van der Waals surface area contributed by atoms with Gasteiger partial charge in [-0.05, 0) is 55.3 Å². The summed E-state index contributed by atoms with van der Waals surface area (Å²) in [7, 11) is 0.